The van der Waals surface area contributed by atoms with Crippen LogP contribution in [0, 0.1) is 12.8 Å². The molecule has 0 aliphatic carbocycles. The largest absolute Gasteiger partial charge is 0.424 e. The van der Waals surface area contributed by atoms with Crippen molar-refractivity contribution in [1.82, 2.24) is 0 Å². The van der Waals surface area contributed by atoms with Gasteiger partial charge in [0.05, 0.1) is 12.8 Å². The first-order valence-electron chi connectivity index (χ1n) is 7.95. The molecule has 0 aromatic heterocycles. The third-order valence-corrected chi connectivity index (χ3v) is 5.16. The Morgan fingerprint density at radius 2 is 2.00 bits per heavy atom. The van der Waals surface area contributed by atoms with Gasteiger partial charge in [-0.25, -0.2) is 4.57 Å². The maximum Gasteiger partial charge on any atom is 0.379 e. The topological polar surface area (TPSA) is 35.5 Å². The summed E-state index contributed by atoms with van der Waals surface area (Å²) in [5, 5.41) is 0. The first-order valence-corrected chi connectivity index (χ1v) is 9.68. The van der Waals surface area contributed by atoms with Gasteiger partial charge in [-0.2, -0.15) is 0 Å². The van der Waals surface area contributed by atoms with Crippen LogP contribution < -0.4 is 4.52 Å². The quantitative estimate of drug-likeness (QED) is 0.403. The smallest absolute Gasteiger partial charge is 0.379 e. The average Bonchev–Trinajstić information content (AvgIpc) is 2.41. The van der Waals surface area contributed by atoms with Gasteiger partial charge in [0.15, 0.2) is 0 Å². The van der Waals surface area contributed by atoms with Gasteiger partial charge in [0.1, 0.15) is 5.75 Å². The molecule has 0 spiro atoms. The highest BCUT2D eigenvalue weighted by atomic mass is 31.2. The molecule has 0 saturated heterocycles. The summed E-state index contributed by atoms with van der Waals surface area (Å²) in [5.41, 5.74) is 1.09. The van der Waals surface area contributed by atoms with Crippen LogP contribution in [0.1, 0.15) is 52.0 Å². The normalized spacial score (nSPS) is 14.1. The molecule has 0 N–H and O–H groups in total. The fraction of sp³-hybridized carbons (Fsp3) is 0.647. The summed E-state index contributed by atoms with van der Waals surface area (Å²) in [6.45, 7) is 8.94. The van der Waals surface area contributed by atoms with Crippen LogP contribution in [-0.2, 0) is 9.09 Å². The summed E-state index contributed by atoms with van der Waals surface area (Å²) in [6, 6.07) is 7.64. The summed E-state index contributed by atoms with van der Waals surface area (Å²) in [5.74, 6) is 1.28. The minimum absolute atomic E-state index is 0.485. The van der Waals surface area contributed by atoms with Crippen LogP contribution in [0.2, 0.25) is 0 Å². The zero-order chi connectivity index (χ0) is 15.7. The van der Waals surface area contributed by atoms with E-state index in [0.717, 1.165) is 31.2 Å². The maximum absolute atomic E-state index is 12.9. The monoisotopic (exact) mass is 312 g/mol. The minimum atomic E-state index is -3.04. The molecule has 0 bridgehead atoms. The van der Waals surface area contributed by atoms with Crippen LogP contribution in [-0.4, -0.2) is 12.8 Å². The van der Waals surface area contributed by atoms with Gasteiger partial charge < -0.3 is 4.52 Å². The molecule has 0 saturated carbocycles. The van der Waals surface area contributed by atoms with Crippen molar-refractivity contribution in [2.45, 2.75) is 53.4 Å². The van der Waals surface area contributed by atoms with Crippen LogP contribution in [0.15, 0.2) is 24.3 Å². The van der Waals surface area contributed by atoms with Crippen molar-refractivity contribution in [3.8, 4) is 5.75 Å². The van der Waals surface area contributed by atoms with E-state index in [-0.39, 0.29) is 0 Å². The fourth-order valence-electron chi connectivity index (χ4n) is 2.02. The Kier molecular flexibility index (Phi) is 8.06. The van der Waals surface area contributed by atoms with Crippen LogP contribution in [0.5, 0.6) is 5.75 Å². The molecular weight excluding hydrogens is 283 g/mol. The maximum atomic E-state index is 12.9. The van der Waals surface area contributed by atoms with E-state index in [4.69, 9.17) is 9.05 Å². The summed E-state index contributed by atoms with van der Waals surface area (Å²) < 4.78 is 24.2. The Labute approximate surface area is 129 Å². The second kappa shape index (κ2) is 9.27. The first kappa shape index (κ1) is 18.3. The van der Waals surface area contributed by atoms with Gasteiger partial charge >= 0.3 is 7.60 Å². The molecule has 120 valence electrons. The predicted octanol–water partition coefficient (Wildman–Crippen LogP) is 5.82. The molecule has 0 amide bonds. The van der Waals surface area contributed by atoms with Crippen molar-refractivity contribution < 1.29 is 13.6 Å². The van der Waals surface area contributed by atoms with E-state index < -0.39 is 7.60 Å². The van der Waals surface area contributed by atoms with Crippen molar-refractivity contribution in [3.63, 3.8) is 0 Å². The molecule has 0 radical (unpaired) electrons. The SMILES string of the molecule is CCCCP(=O)(OCCCC(C)C)Oc1cccc(C)c1. The van der Waals surface area contributed by atoms with Crippen LogP contribution in [0.3, 0.4) is 0 Å². The van der Waals surface area contributed by atoms with E-state index in [1.54, 1.807) is 0 Å². The Balaban J connectivity index is 2.62. The molecule has 0 fully saturated rings. The number of hydrogen-bond acceptors (Lipinski definition) is 3. The van der Waals surface area contributed by atoms with Crippen LogP contribution >= 0.6 is 7.60 Å². The van der Waals surface area contributed by atoms with Gasteiger partial charge in [0.25, 0.3) is 0 Å². The summed E-state index contributed by atoms with van der Waals surface area (Å²) in [6.07, 6.45) is 4.33. The van der Waals surface area contributed by atoms with E-state index in [1.165, 1.54) is 0 Å². The molecule has 1 aromatic carbocycles. The Morgan fingerprint density at radius 3 is 2.62 bits per heavy atom. The van der Waals surface area contributed by atoms with Crippen molar-refractivity contribution in [1.29, 1.82) is 0 Å². The summed E-state index contributed by atoms with van der Waals surface area (Å²) in [4.78, 5) is 0. The van der Waals surface area contributed by atoms with Gasteiger partial charge in [-0.3, -0.25) is 4.52 Å². The molecule has 21 heavy (non-hydrogen) atoms. The Morgan fingerprint density at radius 1 is 1.24 bits per heavy atom. The molecule has 0 aliphatic rings. The highest BCUT2D eigenvalue weighted by Gasteiger charge is 2.25. The van der Waals surface area contributed by atoms with Crippen molar-refractivity contribution in [3.05, 3.63) is 29.8 Å². The van der Waals surface area contributed by atoms with E-state index in [1.807, 2.05) is 31.2 Å². The second-order valence-corrected chi connectivity index (χ2v) is 8.07. The van der Waals surface area contributed by atoms with Crippen molar-refractivity contribution in [2.24, 2.45) is 5.92 Å². The van der Waals surface area contributed by atoms with E-state index in [2.05, 4.69) is 20.8 Å². The van der Waals surface area contributed by atoms with Gasteiger partial charge in [-0.05, 0) is 49.8 Å². The third-order valence-electron chi connectivity index (χ3n) is 3.23. The fourth-order valence-corrected chi connectivity index (χ4v) is 3.83. The number of hydrogen-bond donors (Lipinski definition) is 0. The molecule has 0 aliphatic heterocycles. The lowest BCUT2D eigenvalue weighted by atomic mass is 10.1. The van der Waals surface area contributed by atoms with E-state index in [0.29, 0.717) is 24.4 Å². The molecule has 1 unspecified atom stereocenters. The zero-order valence-electron chi connectivity index (χ0n) is 13.8. The zero-order valence-corrected chi connectivity index (χ0v) is 14.7. The van der Waals surface area contributed by atoms with E-state index >= 15 is 0 Å². The molecule has 3 nitrogen and oxygen atoms in total. The molecule has 0 heterocycles. The highest BCUT2D eigenvalue weighted by molar-refractivity contribution is 7.54. The number of unbranched alkanes of at least 4 members (excludes halogenated alkanes) is 1. The van der Waals surface area contributed by atoms with Gasteiger partial charge in [0, 0.05) is 0 Å². The van der Waals surface area contributed by atoms with Crippen molar-refractivity contribution in [2.75, 3.05) is 12.8 Å². The second-order valence-electron chi connectivity index (χ2n) is 5.97. The van der Waals surface area contributed by atoms with Gasteiger partial charge in [-0.15, -0.1) is 0 Å². The number of rotatable bonds is 10. The molecule has 4 heteroatoms. The summed E-state index contributed by atoms with van der Waals surface area (Å²) in [7, 11) is -3.04. The predicted molar refractivity (Wildman–Crippen MR) is 89.2 cm³/mol. The molecular formula is C17H29O3P. The number of benzene rings is 1. The Hall–Kier alpha value is -0.790. The lowest BCUT2D eigenvalue weighted by Gasteiger charge is -2.19. The molecule has 1 atom stereocenters. The van der Waals surface area contributed by atoms with Gasteiger partial charge in [-0.1, -0.05) is 39.3 Å². The molecule has 1 rings (SSSR count). The van der Waals surface area contributed by atoms with Gasteiger partial charge in [0.2, 0.25) is 0 Å². The highest BCUT2D eigenvalue weighted by Crippen LogP contribution is 2.49. The standard InChI is InChI=1S/C17H29O3P/c1-5-6-13-21(18,19-12-8-9-15(2)3)20-17-11-7-10-16(4)14-17/h7,10-11,14-15H,5-6,8-9,12-13H2,1-4H3. The van der Waals surface area contributed by atoms with Crippen LogP contribution in [0.4, 0.5) is 0 Å². The number of aryl methyl sites for hydroxylation is 1. The lowest BCUT2D eigenvalue weighted by molar-refractivity contribution is 0.253. The third kappa shape index (κ3) is 7.68. The Bertz CT molecular complexity index is 457. The molecule has 1 aromatic rings. The average molecular weight is 312 g/mol. The van der Waals surface area contributed by atoms with Crippen molar-refractivity contribution >= 4 is 7.60 Å². The first-order chi connectivity index (χ1) is 9.95. The minimum Gasteiger partial charge on any atom is -0.424 e. The lowest BCUT2D eigenvalue weighted by Crippen LogP contribution is -2.05. The summed E-state index contributed by atoms with van der Waals surface area (Å²) >= 11 is 0. The van der Waals surface area contributed by atoms with E-state index in [9.17, 15) is 4.57 Å². The van der Waals surface area contributed by atoms with Crippen LogP contribution in [0.25, 0.3) is 0 Å².